The molecule has 1 heterocycles. The Labute approximate surface area is 129 Å². The number of rotatable bonds is 4. The van der Waals surface area contributed by atoms with Crippen LogP contribution in [0.3, 0.4) is 0 Å². The summed E-state index contributed by atoms with van der Waals surface area (Å²) < 4.78 is 2.45. The number of anilines is 1. The lowest BCUT2D eigenvalue weighted by molar-refractivity contribution is 0.311. The third-order valence-electron chi connectivity index (χ3n) is 5.57. The minimum absolute atomic E-state index is 0.632. The van der Waals surface area contributed by atoms with Crippen molar-refractivity contribution in [3.8, 4) is 0 Å². The summed E-state index contributed by atoms with van der Waals surface area (Å²) in [4.78, 5) is 4.80. The van der Waals surface area contributed by atoms with Gasteiger partial charge in [-0.05, 0) is 38.5 Å². The molecule has 2 aliphatic carbocycles. The molecule has 0 spiro atoms. The minimum Gasteiger partial charge on any atom is -0.353 e. The third kappa shape index (κ3) is 3.44. The van der Waals surface area contributed by atoms with Crippen LogP contribution in [0.1, 0.15) is 82.9 Å². The van der Waals surface area contributed by atoms with Crippen molar-refractivity contribution < 1.29 is 0 Å². The molecule has 21 heavy (non-hydrogen) atoms. The normalized spacial score (nSPS) is 27.7. The number of imidazole rings is 1. The first-order valence-electron chi connectivity index (χ1n) is 9.10. The van der Waals surface area contributed by atoms with E-state index in [0.29, 0.717) is 12.1 Å². The Bertz CT molecular complexity index is 445. The monoisotopic (exact) mass is 289 g/mol. The molecule has 2 fully saturated rings. The summed E-state index contributed by atoms with van der Waals surface area (Å²) in [6, 6.07) is 1.30. The van der Waals surface area contributed by atoms with Gasteiger partial charge in [-0.25, -0.2) is 4.98 Å². The summed E-state index contributed by atoms with van der Waals surface area (Å²) in [5, 5.41) is 3.82. The van der Waals surface area contributed by atoms with Gasteiger partial charge >= 0.3 is 0 Å². The second-order valence-corrected chi connectivity index (χ2v) is 7.11. The SMILES string of the molecule is CCC1CCCCC1Nc1nc(C)cn1C1CCCCC1. The van der Waals surface area contributed by atoms with E-state index in [1.807, 2.05) is 0 Å². The quantitative estimate of drug-likeness (QED) is 0.838. The summed E-state index contributed by atoms with van der Waals surface area (Å²) in [7, 11) is 0. The fourth-order valence-electron chi connectivity index (χ4n) is 4.31. The molecule has 1 aromatic rings. The summed E-state index contributed by atoms with van der Waals surface area (Å²) in [5.41, 5.74) is 1.16. The van der Waals surface area contributed by atoms with E-state index in [1.54, 1.807) is 0 Å². The molecule has 0 aliphatic heterocycles. The molecular formula is C18H31N3. The Hall–Kier alpha value is -0.990. The van der Waals surface area contributed by atoms with Crippen molar-refractivity contribution in [1.29, 1.82) is 0 Å². The second kappa shape index (κ2) is 6.85. The van der Waals surface area contributed by atoms with Crippen molar-refractivity contribution in [1.82, 2.24) is 9.55 Å². The smallest absolute Gasteiger partial charge is 0.203 e. The lowest BCUT2D eigenvalue weighted by Crippen LogP contribution is -2.33. The first-order valence-corrected chi connectivity index (χ1v) is 9.10. The maximum atomic E-state index is 4.80. The minimum atomic E-state index is 0.632. The van der Waals surface area contributed by atoms with Gasteiger partial charge in [-0.1, -0.05) is 45.4 Å². The first kappa shape index (κ1) is 14.9. The predicted octanol–water partition coefficient (Wildman–Crippen LogP) is 5.08. The molecule has 0 amide bonds. The van der Waals surface area contributed by atoms with E-state index in [9.17, 15) is 0 Å². The zero-order valence-corrected chi connectivity index (χ0v) is 13.8. The van der Waals surface area contributed by atoms with Gasteiger partial charge in [-0.3, -0.25) is 0 Å². The topological polar surface area (TPSA) is 29.9 Å². The van der Waals surface area contributed by atoms with Gasteiger partial charge in [0.1, 0.15) is 0 Å². The highest BCUT2D eigenvalue weighted by Gasteiger charge is 2.26. The zero-order valence-electron chi connectivity index (χ0n) is 13.8. The Morgan fingerprint density at radius 3 is 2.57 bits per heavy atom. The number of aromatic nitrogens is 2. The number of nitrogens with zero attached hydrogens (tertiary/aromatic N) is 2. The van der Waals surface area contributed by atoms with Crippen molar-refractivity contribution in [2.45, 2.75) is 90.1 Å². The molecule has 118 valence electrons. The summed E-state index contributed by atoms with van der Waals surface area (Å²) >= 11 is 0. The van der Waals surface area contributed by atoms with E-state index in [4.69, 9.17) is 4.98 Å². The lowest BCUT2D eigenvalue weighted by Gasteiger charge is -2.33. The van der Waals surface area contributed by atoms with Gasteiger partial charge in [0.15, 0.2) is 0 Å². The Kier molecular flexibility index (Phi) is 4.87. The fourth-order valence-corrected chi connectivity index (χ4v) is 4.31. The van der Waals surface area contributed by atoms with Gasteiger partial charge in [0, 0.05) is 18.3 Å². The van der Waals surface area contributed by atoms with E-state index in [1.165, 1.54) is 64.2 Å². The van der Waals surface area contributed by atoms with Gasteiger partial charge < -0.3 is 9.88 Å². The standard InChI is InChI=1S/C18H31N3/c1-3-15-9-7-8-12-17(15)20-18-19-14(2)13-21(18)16-10-5-4-6-11-16/h13,15-17H,3-12H2,1-2H3,(H,19,20). The Morgan fingerprint density at radius 2 is 1.81 bits per heavy atom. The average Bonchev–Trinajstić information content (AvgIpc) is 2.89. The maximum absolute atomic E-state index is 4.80. The van der Waals surface area contributed by atoms with Crippen LogP contribution in [-0.2, 0) is 0 Å². The molecule has 2 unspecified atom stereocenters. The first-order chi connectivity index (χ1) is 10.3. The molecule has 1 aromatic heterocycles. The molecule has 1 N–H and O–H groups in total. The van der Waals surface area contributed by atoms with Crippen molar-refractivity contribution in [3.63, 3.8) is 0 Å². The van der Waals surface area contributed by atoms with Gasteiger partial charge in [0.2, 0.25) is 5.95 Å². The van der Waals surface area contributed by atoms with Crippen LogP contribution < -0.4 is 5.32 Å². The van der Waals surface area contributed by atoms with Crippen LogP contribution in [-0.4, -0.2) is 15.6 Å². The average molecular weight is 289 g/mol. The van der Waals surface area contributed by atoms with Crippen molar-refractivity contribution in [2.24, 2.45) is 5.92 Å². The number of aryl methyl sites for hydroxylation is 1. The molecule has 2 aliphatic rings. The van der Waals surface area contributed by atoms with E-state index >= 15 is 0 Å². The van der Waals surface area contributed by atoms with E-state index in [-0.39, 0.29) is 0 Å². The molecule has 0 saturated heterocycles. The van der Waals surface area contributed by atoms with Gasteiger partial charge in [0.25, 0.3) is 0 Å². The molecule has 3 rings (SSSR count). The molecule has 2 atom stereocenters. The summed E-state index contributed by atoms with van der Waals surface area (Å²) in [6.07, 6.45) is 15.9. The molecule has 0 bridgehead atoms. The van der Waals surface area contributed by atoms with Crippen LogP contribution in [0.25, 0.3) is 0 Å². The third-order valence-corrected chi connectivity index (χ3v) is 5.57. The van der Waals surface area contributed by atoms with Gasteiger partial charge in [0.05, 0.1) is 5.69 Å². The van der Waals surface area contributed by atoms with Crippen LogP contribution in [0, 0.1) is 12.8 Å². The molecule has 3 heteroatoms. The fraction of sp³-hybridized carbons (Fsp3) is 0.833. The highest BCUT2D eigenvalue weighted by atomic mass is 15.2. The lowest BCUT2D eigenvalue weighted by atomic mass is 9.83. The molecule has 3 nitrogen and oxygen atoms in total. The van der Waals surface area contributed by atoms with E-state index in [2.05, 4.69) is 29.9 Å². The molecular weight excluding hydrogens is 258 g/mol. The van der Waals surface area contributed by atoms with Crippen LogP contribution in [0.5, 0.6) is 0 Å². The van der Waals surface area contributed by atoms with Crippen LogP contribution >= 0.6 is 0 Å². The largest absolute Gasteiger partial charge is 0.353 e. The molecule has 0 radical (unpaired) electrons. The van der Waals surface area contributed by atoms with Crippen molar-refractivity contribution in [3.05, 3.63) is 11.9 Å². The molecule has 0 aromatic carbocycles. The Balaban J connectivity index is 1.74. The highest BCUT2D eigenvalue weighted by Crippen LogP contribution is 2.33. The van der Waals surface area contributed by atoms with Gasteiger partial charge in [-0.15, -0.1) is 0 Å². The van der Waals surface area contributed by atoms with Crippen LogP contribution in [0.2, 0.25) is 0 Å². The number of nitrogens with one attached hydrogen (secondary N) is 1. The number of hydrogen-bond acceptors (Lipinski definition) is 2. The number of hydrogen-bond donors (Lipinski definition) is 1. The van der Waals surface area contributed by atoms with E-state index < -0.39 is 0 Å². The summed E-state index contributed by atoms with van der Waals surface area (Å²) in [6.45, 7) is 4.46. The van der Waals surface area contributed by atoms with Crippen LogP contribution in [0.15, 0.2) is 6.20 Å². The van der Waals surface area contributed by atoms with Crippen molar-refractivity contribution in [2.75, 3.05) is 5.32 Å². The second-order valence-electron chi connectivity index (χ2n) is 7.11. The predicted molar refractivity (Wildman–Crippen MR) is 88.7 cm³/mol. The van der Waals surface area contributed by atoms with Crippen LogP contribution in [0.4, 0.5) is 5.95 Å². The Morgan fingerprint density at radius 1 is 1.10 bits per heavy atom. The van der Waals surface area contributed by atoms with Crippen molar-refractivity contribution >= 4 is 5.95 Å². The molecule has 2 saturated carbocycles. The van der Waals surface area contributed by atoms with E-state index in [0.717, 1.165) is 17.6 Å². The highest BCUT2D eigenvalue weighted by molar-refractivity contribution is 5.31. The van der Waals surface area contributed by atoms with Gasteiger partial charge in [-0.2, -0.15) is 0 Å². The zero-order chi connectivity index (χ0) is 14.7. The maximum Gasteiger partial charge on any atom is 0.203 e. The summed E-state index contributed by atoms with van der Waals surface area (Å²) in [5.74, 6) is 1.97.